The maximum Gasteiger partial charge on any atom is 0.336 e. The lowest BCUT2D eigenvalue weighted by Crippen LogP contribution is -2.06. The molecule has 0 atom stereocenters. The summed E-state index contributed by atoms with van der Waals surface area (Å²) in [4.78, 5) is 16.2. The third-order valence-corrected chi connectivity index (χ3v) is 4.50. The fourth-order valence-electron chi connectivity index (χ4n) is 3.07. The molecular weight excluding hydrogens is 338 g/mol. The van der Waals surface area contributed by atoms with Crippen molar-refractivity contribution in [3.8, 4) is 11.1 Å². The van der Waals surface area contributed by atoms with E-state index in [1.54, 1.807) is 12.1 Å². The van der Waals surface area contributed by atoms with Crippen LogP contribution in [0, 0.1) is 0 Å². The van der Waals surface area contributed by atoms with E-state index in [-0.39, 0.29) is 0 Å². The summed E-state index contributed by atoms with van der Waals surface area (Å²) in [5.41, 5.74) is 3.07. The SMILES string of the molecule is CCCn1nc(C(C)C)nc1Cc1ccc(-c2ccccc2C(=O)O)cc1. The minimum absolute atomic E-state index is 0.303. The van der Waals surface area contributed by atoms with Crippen molar-refractivity contribution in [1.29, 1.82) is 0 Å². The molecule has 5 heteroatoms. The van der Waals surface area contributed by atoms with Gasteiger partial charge in [0.15, 0.2) is 5.82 Å². The highest BCUT2D eigenvalue weighted by molar-refractivity contribution is 5.95. The average molecular weight is 363 g/mol. The largest absolute Gasteiger partial charge is 0.478 e. The number of benzene rings is 2. The molecule has 0 unspecified atom stereocenters. The van der Waals surface area contributed by atoms with Crippen LogP contribution >= 0.6 is 0 Å². The number of aromatic nitrogens is 3. The molecule has 27 heavy (non-hydrogen) atoms. The predicted molar refractivity (Wildman–Crippen MR) is 106 cm³/mol. The first-order chi connectivity index (χ1) is 13.0. The van der Waals surface area contributed by atoms with Gasteiger partial charge < -0.3 is 5.11 Å². The smallest absolute Gasteiger partial charge is 0.336 e. The van der Waals surface area contributed by atoms with Crippen molar-refractivity contribution in [2.45, 2.75) is 46.1 Å². The third kappa shape index (κ3) is 4.25. The van der Waals surface area contributed by atoms with Crippen LogP contribution in [0.5, 0.6) is 0 Å². The van der Waals surface area contributed by atoms with Crippen LogP contribution in [0.1, 0.15) is 60.7 Å². The minimum Gasteiger partial charge on any atom is -0.478 e. The molecule has 1 N–H and O–H groups in total. The van der Waals surface area contributed by atoms with Gasteiger partial charge in [-0.2, -0.15) is 5.10 Å². The van der Waals surface area contributed by atoms with Crippen LogP contribution in [0.25, 0.3) is 11.1 Å². The molecular formula is C22H25N3O2. The van der Waals surface area contributed by atoms with Crippen molar-refractivity contribution in [3.05, 3.63) is 71.3 Å². The standard InChI is InChI=1S/C22H25N3O2/c1-4-13-25-20(23-21(24-25)15(2)3)14-16-9-11-17(12-10-16)18-7-5-6-8-19(18)22(26)27/h5-12,15H,4,13-14H2,1-3H3,(H,26,27). The zero-order valence-electron chi connectivity index (χ0n) is 16.0. The Kier molecular flexibility index (Phi) is 5.69. The summed E-state index contributed by atoms with van der Waals surface area (Å²) in [5, 5.41) is 14.0. The Hall–Kier alpha value is -2.95. The predicted octanol–water partition coefficient (Wildman–Crippen LogP) is 4.77. The Morgan fingerprint density at radius 1 is 1.11 bits per heavy atom. The number of rotatable bonds is 7. The van der Waals surface area contributed by atoms with Crippen LogP contribution in [0.2, 0.25) is 0 Å². The van der Waals surface area contributed by atoms with E-state index in [4.69, 9.17) is 4.98 Å². The van der Waals surface area contributed by atoms with Gasteiger partial charge in [0.05, 0.1) is 5.56 Å². The lowest BCUT2D eigenvalue weighted by Gasteiger charge is -2.08. The Morgan fingerprint density at radius 2 is 1.81 bits per heavy atom. The van der Waals surface area contributed by atoms with E-state index in [2.05, 4.69) is 25.9 Å². The topological polar surface area (TPSA) is 68.0 Å². The zero-order valence-corrected chi connectivity index (χ0v) is 16.0. The van der Waals surface area contributed by atoms with E-state index < -0.39 is 5.97 Å². The summed E-state index contributed by atoms with van der Waals surface area (Å²) in [6, 6.07) is 15.1. The van der Waals surface area contributed by atoms with E-state index in [0.29, 0.717) is 17.9 Å². The molecule has 0 saturated carbocycles. The van der Waals surface area contributed by atoms with Gasteiger partial charge in [-0.25, -0.2) is 14.5 Å². The molecule has 0 aliphatic carbocycles. The van der Waals surface area contributed by atoms with Gasteiger partial charge in [-0.1, -0.05) is 63.2 Å². The monoisotopic (exact) mass is 363 g/mol. The molecule has 0 amide bonds. The molecule has 0 aliphatic heterocycles. The van der Waals surface area contributed by atoms with Crippen LogP contribution in [0.4, 0.5) is 0 Å². The van der Waals surface area contributed by atoms with Crippen LogP contribution in [-0.4, -0.2) is 25.8 Å². The molecule has 2 aromatic carbocycles. The van der Waals surface area contributed by atoms with Gasteiger partial charge in [0.1, 0.15) is 5.82 Å². The van der Waals surface area contributed by atoms with Gasteiger partial charge in [-0.3, -0.25) is 0 Å². The van der Waals surface area contributed by atoms with Gasteiger partial charge in [0, 0.05) is 18.9 Å². The Labute approximate surface area is 159 Å². The normalized spacial score (nSPS) is 11.1. The van der Waals surface area contributed by atoms with Gasteiger partial charge in [-0.15, -0.1) is 0 Å². The van der Waals surface area contributed by atoms with E-state index in [9.17, 15) is 9.90 Å². The molecule has 5 nitrogen and oxygen atoms in total. The molecule has 3 rings (SSSR count). The molecule has 0 aliphatic rings. The molecule has 140 valence electrons. The molecule has 0 radical (unpaired) electrons. The molecule has 0 saturated heterocycles. The average Bonchev–Trinajstić information content (AvgIpc) is 3.05. The summed E-state index contributed by atoms with van der Waals surface area (Å²) < 4.78 is 2.00. The van der Waals surface area contributed by atoms with Crippen LogP contribution in [-0.2, 0) is 13.0 Å². The first kappa shape index (κ1) is 18.8. The summed E-state index contributed by atoms with van der Waals surface area (Å²) in [6.07, 6.45) is 1.72. The summed E-state index contributed by atoms with van der Waals surface area (Å²) >= 11 is 0. The molecule has 3 aromatic rings. The zero-order chi connectivity index (χ0) is 19.4. The highest BCUT2D eigenvalue weighted by Gasteiger charge is 2.14. The lowest BCUT2D eigenvalue weighted by atomic mass is 9.98. The summed E-state index contributed by atoms with van der Waals surface area (Å²) in [7, 11) is 0. The van der Waals surface area contributed by atoms with E-state index >= 15 is 0 Å². The van der Waals surface area contributed by atoms with Crippen LogP contribution < -0.4 is 0 Å². The highest BCUT2D eigenvalue weighted by Crippen LogP contribution is 2.25. The highest BCUT2D eigenvalue weighted by atomic mass is 16.4. The second-order valence-corrected chi connectivity index (χ2v) is 6.99. The van der Waals surface area contributed by atoms with Crippen molar-refractivity contribution >= 4 is 5.97 Å². The number of carbonyl (C=O) groups is 1. The molecule has 0 spiro atoms. The van der Waals surface area contributed by atoms with Crippen molar-refractivity contribution in [2.24, 2.45) is 0 Å². The fraction of sp³-hybridized carbons (Fsp3) is 0.318. The molecule has 0 fully saturated rings. The Balaban J connectivity index is 1.86. The number of nitrogens with zero attached hydrogens (tertiary/aromatic N) is 3. The number of carboxylic acids is 1. The first-order valence-corrected chi connectivity index (χ1v) is 9.34. The molecule has 1 heterocycles. The second kappa shape index (κ2) is 8.16. The van der Waals surface area contributed by atoms with Crippen LogP contribution in [0.15, 0.2) is 48.5 Å². The number of aromatic carboxylic acids is 1. The lowest BCUT2D eigenvalue weighted by molar-refractivity contribution is 0.0697. The van der Waals surface area contributed by atoms with E-state index in [1.807, 2.05) is 41.1 Å². The first-order valence-electron chi connectivity index (χ1n) is 9.34. The van der Waals surface area contributed by atoms with Gasteiger partial charge in [-0.05, 0) is 29.2 Å². The van der Waals surface area contributed by atoms with E-state index in [1.165, 1.54) is 0 Å². The molecule has 1 aromatic heterocycles. The quantitative estimate of drug-likeness (QED) is 0.657. The number of aryl methyl sites for hydroxylation is 1. The molecule has 0 bridgehead atoms. The summed E-state index contributed by atoms with van der Waals surface area (Å²) in [6.45, 7) is 7.20. The fourth-order valence-corrected chi connectivity index (χ4v) is 3.07. The Morgan fingerprint density at radius 3 is 2.44 bits per heavy atom. The minimum atomic E-state index is -0.913. The number of carboxylic acid groups (broad SMARTS) is 1. The number of hydrogen-bond donors (Lipinski definition) is 1. The van der Waals surface area contributed by atoms with Gasteiger partial charge >= 0.3 is 5.97 Å². The van der Waals surface area contributed by atoms with Gasteiger partial charge in [0.25, 0.3) is 0 Å². The van der Waals surface area contributed by atoms with E-state index in [0.717, 1.165) is 41.3 Å². The van der Waals surface area contributed by atoms with Crippen molar-refractivity contribution < 1.29 is 9.90 Å². The van der Waals surface area contributed by atoms with Crippen molar-refractivity contribution in [3.63, 3.8) is 0 Å². The van der Waals surface area contributed by atoms with Crippen LogP contribution in [0.3, 0.4) is 0 Å². The van der Waals surface area contributed by atoms with Crippen molar-refractivity contribution in [2.75, 3.05) is 0 Å². The summed E-state index contributed by atoms with van der Waals surface area (Å²) in [5.74, 6) is 1.24. The number of hydrogen-bond acceptors (Lipinski definition) is 3. The van der Waals surface area contributed by atoms with Gasteiger partial charge in [0.2, 0.25) is 0 Å². The maximum absolute atomic E-state index is 11.4. The Bertz CT molecular complexity index is 927. The maximum atomic E-state index is 11.4. The second-order valence-electron chi connectivity index (χ2n) is 6.99. The van der Waals surface area contributed by atoms with Crippen molar-refractivity contribution in [1.82, 2.24) is 14.8 Å². The third-order valence-electron chi connectivity index (χ3n) is 4.50.